The molecule has 0 bridgehead atoms. The third-order valence-electron chi connectivity index (χ3n) is 2.57. The molecule has 0 amide bonds. The maximum absolute atomic E-state index is 6.01. The lowest BCUT2D eigenvalue weighted by molar-refractivity contribution is 0.569. The number of nitrogens with two attached hydrogens (primary N) is 1. The van der Waals surface area contributed by atoms with Crippen LogP contribution < -0.4 is 5.73 Å². The van der Waals surface area contributed by atoms with Crippen LogP contribution in [0.2, 0.25) is 5.02 Å². The largest absolute Gasteiger partial charge is 0.324 e. The lowest BCUT2D eigenvalue weighted by Crippen LogP contribution is -2.17. The fraction of sp³-hybridized carbons (Fsp3) is 0.400. The second-order valence-corrected chi connectivity index (χ2v) is 4.63. The lowest BCUT2D eigenvalue weighted by atomic mass is 9.88. The van der Waals surface area contributed by atoms with Crippen molar-refractivity contribution in [2.75, 3.05) is 0 Å². The molecule has 0 heterocycles. The molecule has 0 radical (unpaired) electrons. The highest BCUT2D eigenvalue weighted by molar-refractivity contribution is 9.10. The van der Waals surface area contributed by atoms with Crippen molar-refractivity contribution in [1.82, 2.24) is 0 Å². The van der Waals surface area contributed by atoms with Crippen molar-refractivity contribution in [3.8, 4) is 0 Å². The second kappa shape index (κ2) is 3.60. The molecule has 0 aliphatic heterocycles. The van der Waals surface area contributed by atoms with Crippen LogP contribution in [0.4, 0.5) is 0 Å². The second-order valence-electron chi connectivity index (χ2n) is 3.43. The van der Waals surface area contributed by atoms with Gasteiger partial charge in [-0.1, -0.05) is 17.7 Å². The van der Waals surface area contributed by atoms with E-state index in [1.54, 1.807) is 0 Å². The minimum Gasteiger partial charge on any atom is -0.324 e. The Balaban J connectivity index is 2.56. The van der Waals surface area contributed by atoms with Crippen molar-refractivity contribution in [3.05, 3.63) is 32.8 Å². The Hall–Kier alpha value is -0.0500. The van der Waals surface area contributed by atoms with E-state index in [1.807, 2.05) is 12.1 Å². The molecule has 1 aliphatic rings. The molecule has 0 saturated carbocycles. The highest BCUT2D eigenvalue weighted by atomic mass is 79.9. The van der Waals surface area contributed by atoms with Gasteiger partial charge in [-0.3, -0.25) is 0 Å². The Morgan fingerprint density at radius 2 is 2.23 bits per heavy atom. The molecule has 1 aromatic carbocycles. The molecule has 13 heavy (non-hydrogen) atoms. The van der Waals surface area contributed by atoms with Crippen molar-refractivity contribution < 1.29 is 0 Å². The number of benzene rings is 1. The van der Waals surface area contributed by atoms with Gasteiger partial charge in [0.05, 0.1) is 5.02 Å². The van der Waals surface area contributed by atoms with Crippen molar-refractivity contribution in [2.45, 2.75) is 25.3 Å². The third kappa shape index (κ3) is 1.63. The van der Waals surface area contributed by atoms with Gasteiger partial charge in [0.15, 0.2) is 0 Å². The van der Waals surface area contributed by atoms with Crippen LogP contribution in [0, 0.1) is 0 Å². The van der Waals surface area contributed by atoms with E-state index in [2.05, 4.69) is 15.9 Å². The average molecular weight is 261 g/mol. The van der Waals surface area contributed by atoms with Crippen LogP contribution in [0.5, 0.6) is 0 Å². The quantitative estimate of drug-likeness (QED) is 0.760. The average Bonchev–Trinajstić information content (AvgIpc) is 2.12. The summed E-state index contributed by atoms with van der Waals surface area (Å²) in [4.78, 5) is 0. The fourth-order valence-corrected chi connectivity index (χ4v) is 2.60. The zero-order chi connectivity index (χ0) is 9.42. The first kappa shape index (κ1) is 9.50. The van der Waals surface area contributed by atoms with E-state index in [0.717, 1.165) is 28.8 Å². The summed E-state index contributed by atoms with van der Waals surface area (Å²) in [5.41, 5.74) is 8.55. The predicted molar refractivity (Wildman–Crippen MR) is 59.0 cm³/mol. The van der Waals surface area contributed by atoms with E-state index < -0.39 is 0 Å². The zero-order valence-electron chi connectivity index (χ0n) is 7.19. The lowest BCUT2D eigenvalue weighted by Gasteiger charge is -2.23. The summed E-state index contributed by atoms with van der Waals surface area (Å²) in [5.74, 6) is 0. The summed E-state index contributed by atoms with van der Waals surface area (Å²) in [6.45, 7) is 0. The van der Waals surface area contributed by atoms with Gasteiger partial charge in [-0.25, -0.2) is 0 Å². The molecule has 0 fully saturated rings. The molecule has 1 atom stereocenters. The number of hydrogen-bond acceptors (Lipinski definition) is 1. The molecule has 2 N–H and O–H groups in total. The van der Waals surface area contributed by atoms with E-state index >= 15 is 0 Å². The Labute approximate surface area is 91.4 Å². The maximum atomic E-state index is 6.01. The minimum absolute atomic E-state index is 0.192. The Kier molecular flexibility index (Phi) is 2.63. The number of fused-ring (bicyclic) bond motifs is 1. The number of hydrogen-bond donors (Lipinski definition) is 1. The molecular weight excluding hydrogens is 249 g/mol. The van der Waals surface area contributed by atoms with Crippen molar-refractivity contribution in [3.63, 3.8) is 0 Å². The molecular formula is C10H11BrClN. The zero-order valence-corrected chi connectivity index (χ0v) is 9.53. The van der Waals surface area contributed by atoms with Crippen molar-refractivity contribution in [1.29, 1.82) is 0 Å². The van der Waals surface area contributed by atoms with Crippen LogP contribution in [0.25, 0.3) is 0 Å². The molecule has 2 rings (SSSR count). The van der Waals surface area contributed by atoms with Crippen LogP contribution in [0.1, 0.15) is 30.0 Å². The molecule has 1 nitrogen and oxygen atoms in total. The van der Waals surface area contributed by atoms with Gasteiger partial charge in [-0.2, -0.15) is 0 Å². The number of halogens is 2. The van der Waals surface area contributed by atoms with Gasteiger partial charge in [0.2, 0.25) is 0 Å². The van der Waals surface area contributed by atoms with Gasteiger partial charge in [-0.05, 0) is 52.4 Å². The molecule has 0 aromatic heterocycles. The fourth-order valence-electron chi connectivity index (χ4n) is 1.86. The summed E-state index contributed by atoms with van der Waals surface area (Å²) < 4.78 is 1.03. The molecule has 1 aliphatic carbocycles. The first-order chi connectivity index (χ1) is 6.20. The van der Waals surface area contributed by atoms with Gasteiger partial charge < -0.3 is 5.73 Å². The monoisotopic (exact) mass is 259 g/mol. The SMILES string of the molecule is N[C@H]1CCCc2c1ccc(Cl)c2Br. The van der Waals surface area contributed by atoms with E-state index in [1.165, 1.54) is 11.1 Å². The first-order valence-corrected chi connectivity index (χ1v) is 5.59. The molecule has 70 valence electrons. The molecule has 0 unspecified atom stereocenters. The topological polar surface area (TPSA) is 26.0 Å². The van der Waals surface area contributed by atoms with Gasteiger partial charge in [0.25, 0.3) is 0 Å². The van der Waals surface area contributed by atoms with Crippen molar-refractivity contribution >= 4 is 27.5 Å². The Morgan fingerprint density at radius 3 is 3.00 bits per heavy atom. The standard InChI is InChI=1S/C10H11BrClN/c11-10-7-2-1-3-9(13)6(7)4-5-8(10)12/h4-5,9H,1-3,13H2/t9-/m0/s1. The van der Waals surface area contributed by atoms with Crippen LogP contribution in [0.15, 0.2) is 16.6 Å². The summed E-state index contributed by atoms with van der Waals surface area (Å²) in [7, 11) is 0. The van der Waals surface area contributed by atoms with Crippen LogP contribution in [-0.2, 0) is 6.42 Å². The summed E-state index contributed by atoms with van der Waals surface area (Å²) in [5, 5.41) is 0.785. The van der Waals surface area contributed by atoms with Crippen LogP contribution in [-0.4, -0.2) is 0 Å². The molecule has 3 heteroatoms. The predicted octanol–water partition coefficient (Wildman–Crippen LogP) is 3.44. The molecule has 0 saturated heterocycles. The summed E-state index contributed by atoms with van der Waals surface area (Å²) in [6, 6.07) is 4.15. The van der Waals surface area contributed by atoms with Gasteiger partial charge in [-0.15, -0.1) is 0 Å². The van der Waals surface area contributed by atoms with Crippen molar-refractivity contribution in [2.24, 2.45) is 5.73 Å². The van der Waals surface area contributed by atoms with Crippen LogP contribution in [0.3, 0.4) is 0 Å². The van der Waals surface area contributed by atoms with Gasteiger partial charge in [0, 0.05) is 10.5 Å². The summed E-state index contributed by atoms with van der Waals surface area (Å²) >= 11 is 9.51. The minimum atomic E-state index is 0.192. The van der Waals surface area contributed by atoms with Gasteiger partial charge in [0.1, 0.15) is 0 Å². The Bertz CT molecular complexity index is 338. The Morgan fingerprint density at radius 1 is 1.46 bits per heavy atom. The van der Waals surface area contributed by atoms with E-state index in [-0.39, 0.29) is 6.04 Å². The highest BCUT2D eigenvalue weighted by Crippen LogP contribution is 2.36. The molecule has 1 aromatic rings. The maximum Gasteiger partial charge on any atom is 0.0551 e. The van der Waals surface area contributed by atoms with E-state index in [4.69, 9.17) is 17.3 Å². The highest BCUT2D eigenvalue weighted by Gasteiger charge is 2.19. The number of rotatable bonds is 0. The van der Waals surface area contributed by atoms with E-state index in [9.17, 15) is 0 Å². The van der Waals surface area contributed by atoms with E-state index in [0.29, 0.717) is 0 Å². The smallest absolute Gasteiger partial charge is 0.0551 e. The normalized spacial score (nSPS) is 21.3. The molecule has 0 spiro atoms. The third-order valence-corrected chi connectivity index (χ3v) is 4.02. The summed E-state index contributed by atoms with van der Waals surface area (Å²) in [6.07, 6.45) is 3.33. The first-order valence-electron chi connectivity index (χ1n) is 4.42. The van der Waals surface area contributed by atoms with Gasteiger partial charge >= 0.3 is 0 Å². The van der Waals surface area contributed by atoms with Crippen LogP contribution >= 0.6 is 27.5 Å².